The molecule has 0 aliphatic carbocycles. The van der Waals surface area contributed by atoms with Crippen LogP contribution in [0.25, 0.3) is 0 Å². The first-order valence-electron chi connectivity index (χ1n) is 9.37. The summed E-state index contributed by atoms with van der Waals surface area (Å²) in [6.07, 6.45) is -2.97. The third-order valence-electron chi connectivity index (χ3n) is 5.01. The Morgan fingerprint density at radius 2 is 1.62 bits per heavy atom. The molecule has 26 heavy (non-hydrogen) atoms. The molecule has 1 unspecified atom stereocenters. The average molecular weight is 371 g/mol. The highest BCUT2D eigenvalue weighted by atomic mass is 19.4. The summed E-state index contributed by atoms with van der Waals surface area (Å²) in [6.45, 7) is 5.85. The monoisotopic (exact) mass is 371 g/mol. The van der Waals surface area contributed by atoms with E-state index < -0.39 is 12.7 Å². The van der Waals surface area contributed by atoms with Crippen LogP contribution < -0.4 is 0 Å². The minimum absolute atomic E-state index is 0.121. The van der Waals surface area contributed by atoms with Crippen LogP contribution in [0.2, 0.25) is 0 Å². The molecule has 1 aromatic carbocycles. The quantitative estimate of drug-likeness (QED) is 0.791. The lowest BCUT2D eigenvalue weighted by molar-refractivity contribution is -0.149. The number of hydrogen-bond acceptors (Lipinski definition) is 4. The van der Waals surface area contributed by atoms with Crippen molar-refractivity contribution in [3.63, 3.8) is 0 Å². The molecule has 4 nitrogen and oxygen atoms in total. The van der Waals surface area contributed by atoms with Crippen LogP contribution in [0.5, 0.6) is 0 Å². The highest BCUT2D eigenvalue weighted by Crippen LogP contribution is 2.18. The van der Waals surface area contributed by atoms with Gasteiger partial charge in [-0.05, 0) is 12.0 Å². The van der Waals surface area contributed by atoms with Gasteiger partial charge in [0.05, 0.1) is 12.6 Å². The van der Waals surface area contributed by atoms with Crippen LogP contribution in [-0.2, 0) is 11.3 Å². The minimum Gasteiger partial charge on any atom is -0.376 e. The van der Waals surface area contributed by atoms with Crippen LogP contribution in [0.3, 0.4) is 0 Å². The zero-order valence-corrected chi connectivity index (χ0v) is 15.1. The summed E-state index contributed by atoms with van der Waals surface area (Å²) in [6, 6.07) is 10.4. The van der Waals surface area contributed by atoms with Crippen molar-refractivity contribution in [2.45, 2.75) is 25.2 Å². The highest BCUT2D eigenvalue weighted by Gasteiger charge is 2.32. The van der Waals surface area contributed by atoms with Crippen LogP contribution in [-0.4, -0.2) is 85.9 Å². The molecule has 0 bridgehead atoms. The maximum atomic E-state index is 12.5. The molecule has 1 atom stereocenters. The van der Waals surface area contributed by atoms with Crippen LogP contribution in [0, 0.1) is 0 Å². The second-order valence-electron chi connectivity index (χ2n) is 7.26. The molecule has 3 rings (SSSR count). The van der Waals surface area contributed by atoms with E-state index in [0.29, 0.717) is 26.2 Å². The normalized spacial score (nSPS) is 24.5. The summed E-state index contributed by atoms with van der Waals surface area (Å²) < 4.78 is 43.5. The second kappa shape index (κ2) is 9.17. The topological polar surface area (TPSA) is 19.0 Å². The van der Waals surface area contributed by atoms with E-state index in [1.807, 2.05) is 6.07 Å². The molecule has 2 saturated heterocycles. The number of benzene rings is 1. The van der Waals surface area contributed by atoms with Gasteiger partial charge in [-0.25, -0.2) is 0 Å². The molecular formula is C19H28F3N3O. The van der Waals surface area contributed by atoms with Crippen molar-refractivity contribution in [2.75, 3.05) is 59.0 Å². The first kappa shape index (κ1) is 19.6. The first-order chi connectivity index (χ1) is 12.5. The number of alkyl halides is 3. The van der Waals surface area contributed by atoms with E-state index in [4.69, 9.17) is 4.74 Å². The summed E-state index contributed by atoms with van der Waals surface area (Å²) in [5, 5.41) is 0. The summed E-state index contributed by atoms with van der Waals surface area (Å²) in [7, 11) is 0. The number of nitrogens with zero attached hydrogens (tertiary/aromatic N) is 3. The lowest BCUT2D eigenvalue weighted by Gasteiger charge is -2.37. The van der Waals surface area contributed by atoms with Gasteiger partial charge in [0.25, 0.3) is 0 Å². The fraction of sp³-hybridized carbons (Fsp3) is 0.684. The smallest absolute Gasteiger partial charge is 0.376 e. The Morgan fingerprint density at radius 3 is 2.31 bits per heavy atom. The lowest BCUT2D eigenvalue weighted by atomic mass is 10.2. The Labute approximate surface area is 153 Å². The molecule has 7 heteroatoms. The minimum atomic E-state index is -4.11. The van der Waals surface area contributed by atoms with E-state index in [1.165, 1.54) is 10.5 Å². The molecule has 0 aromatic heterocycles. The van der Waals surface area contributed by atoms with Crippen LogP contribution in [0.4, 0.5) is 13.2 Å². The molecule has 2 heterocycles. The van der Waals surface area contributed by atoms with Gasteiger partial charge in [-0.2, -0.15) is 13.2 Å². The first-order valence-corrected chi connectivity index (χ1v) is 9.37. The van der Waals surface area contributed by atoms with E-state index in [0.717, 1.165) is 39.2 Å². The van der Waals surface area contributed by atoms with Gasteiger partial charge >= 0.3 is 6.18 Å². The molecular weight excluding hydrogens is 343 g/mol. The molecule has 0 N–H and O–H groups in total. The standard InChI is InChI=1S/C19H28F3N3O/c20-19(21,22)16-24-10-8-23(9-11-24)14-18-15-25(7-4-12-26-18)13-17-5-2-1-3-6-17/h1-3,5-6,18H,4,7-16H2. The van der Waals surface area contributed by atoms with Gasteiger partial charge in [-0.15, -0.1) is 0 Å². The molecule has 2 aliphatic heterocycles. The van der Waals surface area contributed by atoms with Crippen molar-refractivity contribution < 1.29 is 17.9 Å². The summed E-state index contributed by atoms with van der Waals surface area (Å²) >= 11 is 0. The Morgan fingerprint density at radius 1 is 0.923 bits per heavy atom. The van der Waals surface area contributed by atoms with Gasteiger partial charge in [-0.1, -0.05) is 30.3 Å². The molecule has 0 spiro atoms. The predicted molar refractivity (Wildman–Crippen MR) is 95.0 cm³/mol. The fourth-order valence-electron chi connectivity index (χ4n) is 3.74. The van der Waals surface area contributed by atoms with Gasteiger partial charge in [-0.3, -0.25) is 14.7 Å². The fourth-order valence-corrected chi connectivity index (χ4v) is 3.74. The van der Waals surface area contributed by atoms with Crippen molar-refractivity contribution in [3.05, 3.63) is 35.9 Å². The third kappa shape index (κ3) is 6.54. The van der Waals surface area contributed by atoms with Crippen molar-refractivity contribution in [2.24, 2.45) is 0 Å². The number of ether oxygens (including phenoxy) is 1. The molecule has 2 fully saturated rings. The van der Waals surface area contributed by atoms with Gasteiger partial charge < -0.3 is 4.74 Å². The van der Waals surface area contributed by atoms with Crippen molar-refractivity contribution in [1.29, 1.82) is 0 Å². The van der Waals surface area contributed by atoms with Crippen LogP contribution in [0.1, 0.15) is 12.0 Å². The predicted octanol–water partition coefficient (Wildman–Crippen LogP) is 2.46. The zero-order chi connectivity index (χ0) is 18.4. The molecule has 0 radical (unpaired) electrons. The maximum absolute atomic E-state index is 12.5. The van der Waals surface area contributed by atoms with E-state index in [2.05, 4.69) is 34.1 Å². The Hall–Kier alpha value is -1.15. The summed E-state index contributed by atoms with van der Waals surface area (Å²) in [4.78, 5) is 6.16. The van der Waals surface area contributed by atoms with E-state index >= 15 is 0 Å². The van der Waals surface area contributed by atoms with Gasteiger partial charge in [0, 0.05) is 59.0 Å². The number of rotatable bonds is 5. The second-order valence-corrected chi connectivity index (χ2v) is 7.26. The third-order valence-corrected chi connectivity index (χ3v) is 5.01. The van der Waals surface area contributed by atoms with E-state index in [-0.39, 0.29) is 6.10 Å². The molecule has 2 aliphatic rings. The average Bonchev–Trinajstić information content (AvgIpc) is 2.81. The zero-order valence-electron chi connectivity index (χ0n) is 15.1. The Balaban J connectivity index is 1.45. The van der Waals surface area contributed by atoms with E-state index in [9.17, 15) is 13.2 Å². The summed E-state index contributed by atoms with van der Waals surface area (Å²) in [5.74, 6) is 0. The van der Waals surface area contributed by atoms with Crippen molar-refractivity contribution in [3.8, 4) is 0 Å². The largest absolute Gasteiger partial charge is 0.401 e. The van der Waals surface area contributed by atoms with E-state index in [1.54, 1.807) is 0 Å². The lowest BCUT2D eigenvalue weighted by Crippen LogP contribution is -2.51. The van der Waals surface area contributed by atoms with Gasteiger partial charge in [0.2, 0.25) is 0 Å². The van der Waals surface area contributed by atoms with Gasteiger partial charge in [0.1, 0.15) is 0 Å². The number of hydrogen-bond donors (Lipinski definition) is 0. The molecule has 0 amide bonds. The van der Waals surface area contributed by atoms with Crippen molar-refractivity contribution in [1.82, 2.24) is 14.7 Å². The van der Waals surface area contributed by atoms with Crippen LogP contribution >= 0.6 is 0 Å². The number of halogens is 3. The maximum Gasteiger partial charge on any atom is 0.401 e. The van der Waals surface area contributed by atoms with Crippen molar-refractivity contribution >= 4 is 0 Å². The Bertz CT molecular complexity index is 533. The van der Waals surface area contributed by atoms with Crippen LogP contribution in [0.15, 0.2) is 30.3 Å². The Kier molecular flexibility index (Phi) is 6.92. The number of piperazine rings is 1. The molecule has 1 aromatic rings. The SMILES string of the molecule is FC(F)(F)CN1CCN(CC2CN(Cc3ccccc3)CCCO2)CC1. The molecule has 0 saturated carbocycles. The van der Waals surface area contributed by atoms with Gasteiger partial charge in [0.15, 0.2) is 0 Å². The highest BCUT2D eigenvalue weighted by molar-refractivity contribution is 5.14. The molecule has 146 valence electrons. The summed E-state index contributed by atoms with van der Waals surface area (Å²) in [5.41, 5.74) is 1.30.